The van der Waals surface area contributed by atoms with Crippen LogP contribution in [-0.4, -0.2) is 30.5 Å². The number of aromatic nitrogens is 1. The van der Waals surface area contributed by atoms with E-state index in [0.717, 1.165) is 9.26 Å². The summed E-state index contributed by atoms with van der Waals surface area (Å²) in [5.74, 6) is -0.209. The van der Waals surface area contributed by atoms with E-state index in [1.54, 1.807) is 11.0 Å². The van der Waals surface area contributed by atoms with E-state index >= 15 is 0 Å². The molecule has 1 amide bonds. The Hall–Kier alpha value is -1.18. The van der Waals surface area contributed by atoms with Crippen molar-refractivity contribution >= 4 is 40.3 Å². The molecule has 0 aromatic carbocycles. The molecule has 0 aliphatic carbocycles. The maximum Gasteiger partial charge on any atom is 0.311 e. The molecule has 0 radical (unpaired) electrons. The van der Waals surface area contributed by atoms with Crippen molar-refractivity contribution in [3.8, 4) is 0 Å². The monoisotopic (exact) mass is 360 g/mol. The summed E-state index contributed by atoms with van der Waals surface area (Å²) in [5, 5.41) is 0. The highest BCUT2D eigenvalue weighted by Crippen LogP contribution is 2.25. The van der Waals surface area contributed by atoms with Crippen molar-refractivity contribution in [1.29, 1.82) is 0 Å². The van der Waals surface area contributed by atoms with Crippen LogP contribution < -0.4 is 4.90 Å². The number of carbonyl (C=O) groups excluding carboxylic acids is 2. The van der Waals surface area contributed by atoms with Gasteiger partial charge in [0.05, 0.1) is 18.7 Å². The number of nitrogens with zero attached hydrogens (tertiary/aromatic N) is 2. The average Bonchev–Trinajstić information content (AvgIpc) is 2.74. The van der Waals surface area contributed by atoms with Gasteiger partial charge in [0.1, 0.15) is 5.82 Å². The van der Waals surface area contributed by atoms with Crippen LogP contribution in [0.15, 0.2) is 12.1 Å². The molecule has 0 saturated carbocycles. The van der Waals surface area contributed by atoms with Crippen LogP contribution in [0.5, 0.6) is 0 Å². The van der Waals surface area contributed by atoms with E-state index < -0.39 is 0 Å². The highest BCUT2D eigenvalue weighted by Gasteiger charge is 2.36. The smallest absolute Gasteiger partial charge is 0.311 e. The van der Waals surface area contributed by atoms with Gasteiger partial charge in [-0.05, 0) is 41.6 Å². The third-order valence-electron chi connectivity index (χ3n) is 2.94. The van der Waals surface area contributed by atoms with Crippen molar-refractivity contribution in [2.24, 2.45) is 5.92 Å². The SMILES string of the molecule is COC(=O)C1CC(=O)N(c2ccc(I)c(C)n2)C1. The summed E-state index contributed by atoms with van der Waals surface area (Å²) in [6, 6.07) is 3.71. The van der Waals surface area contributed by atoms with Gasteiger partial charge in [0.2, 0.25) is 5.91 Å². The van der Waals surface area contributed by atoms with E-state index in [1.165, 1.54) is 7.11 Å². The summed E-state index contributed by atoms with van der Waals surface area (Å²) in [5.41, 5.74) is 0.877. The molecule has 0 N–H and O–H groups in total. The number of esters is 1. The summed E-state index contributed by atoms with van der Waals surface area (Å²) in [7, 11) is 1.34. The number of halogens is 1. The van der Waals surface area contributed by atoms with Crippen molar-refractivity contribution in [2.75, 3.05) is 18.6 Å². The minimum Gasteiger partial charge on any atom is -0.469 e. The molecule has 2 rings (SSSR count). The zero-order valence-electron chi connectivity index (χ0n) is 10.1. The maximum atomic E-state index is 11.9. The fourth-order valence-electron chi connectivity index (χ4n) is 1.93. The Balaban J connectivity index is 2.21. The molecule has 6 heteroatoms. The predicted molar refractivity (Wildman–Crippen MR) is 74.2 cm³/mol. The van der Waals surface area contributed by atoms with Crippen LogP contribution >= 0.6 is 22.6 Å². The van der Waals surface area contributed by atoms with Crippen molar-refractivity contribution in [2.45, 2.75) is 13.3 Å². The Bertz CT molecular complexity index is 504. The highest BCUT2D eigenvalue weighted by atomic mass is 127. The molecular weight excluding hydrogens is 347 g/mol. The van der Waals surface area contributed by atoms with Gasteiger partial charge in [-0.1, -0.05) is 0 Å². The predicted octanol–water partition coefficient (Wildman–Crippen LogP) is 1.52. The lowest BCUT2D eigenvalue weighted by Crippen LogP contribution is -2.27. The van der Waals surface area contributed by atoms with Crippen LogP contribution in [0.1, 0.15) is 12.1 Å². The molecule has 1 aliphatic rings. The average molecular weight is 360 g/mol. The number of anilines is 1. The standard InChI is InChI=1S/C12H13IN2O3/c1-7-9(13)3-4-10(14-7)15-6-8(5-11(15)16)12(17)18-2/h3-4,8H,5-6H2,1-2H3. The first-order valence-electron chi connectivity index (χ1n) is 5.54. The van der Waals surface area contributed by atoms with Crippen LogP contribution in [0.25, 0.3) is 0 Å². The van der Waals surface area contributed by atoms with Gasteiger partial charge in [-0.25, -0.2) is 4.98 Å². The summed E-state index contributed by atoms with van der Waals surface area (Å²) < 4.78 is 5.72. The minimum atomic E-state index is -0.385. The van der Waals surface area contributed by atoms with Crippen molar-refractivity contribution < 1.29 is 14.3 Å². The third kappa shape index (κ3) is 2.47. The van der Waals surface area contributed by atoms with Crippen LogP contribution in [-0.2, 0) is 14.3 Å². The topological polar surface area (TPSA) is 59.5 Å². The molecule has 1 atom stereocenters. The van der Waals surface area contributed by atoms with Gasteiger partial charge >= 0.3 is 5.97 Å². The van der Waals surface area contributed by atoms with Gasteiger partial charge in [0, 0.05) is 16.5 Å². The largest absolute Gasteiger partial charge is 0.469 e. The molecule has 1 aromatic rings. The minimum absolute atomic E-state index is 0.0847. The molecule has 5 nitrogen and oxygen atoms in total. The first-order valence-corrected chi connectivity index (χ1v) is 6.62. The number of amides is 1. The molecule has 1 aromatic heterocycles. The van der Waals surface area contributed by atoms with Crippen molar-refractivity contribution in [3.63, 3.8) is 0 Å². The number of hydrogen-bond acceptors (Lipinski definition) is 4. The normalized spacial score (nSPS) is 19.2. The number of aryl methyl sites for hydroxylation is 1. The molecule has 2 heterocycles. The molecule has 1 unspecified atom stereocenters. The van der Waals surface area contributed by atoms with E-state index in [-0.39, 0.29) is 24.2 Å². The number of carbonyl (C=O) groups is 2. The second kappa shape index (κ2) is 5.21. The summed E-state index contributed by atoms with van der Waals surface area (Å²) in [6.45, 7) is 2.24. The zero-order chi connectivity index (χ0) is 13.3. The quantitative estimate of drug-likeness (QED) is 0.593. The Kier molecular flexibility index (Phi) is 3.84. The summed E-state index contributed by atoms with van der Waals surface area (Å²) in [4.78, 5) is 29.2. The first-order chi connectivity index (χ1) is 8.52. The summed E-state index contributed by atoms with van der Waals surface area (Å²) in [6.07, 6.45) is 0.194. The van der Waals surface area contributed by atoms with Gasteiger partial charge < -0.3 is 4.74 Å². The van der Waals surface area contributed by atoms with E-state index in [2.05, 4.69) is 32.3 Å². The molecule has 18 heavy (non-hydrogen) atoms. The fourth-order valence-corrected chi connectivity index (χ4v) is 2.24. The molecule has 0 bridgehead atoms. The molecule has 96 valence electrons. The van der Waals surface area contributed by atoms with Gasteiger partial charge in [-0.2, -0.15) is 0 Å². The molecule has 1 fully saturated rings. The maximum absolute atomic E-state index is 11.9. The van der Waals surface area contributed by atoms with E-state index in [9.17, 15) is 9.59 Å². The lowest BCUT2D eigenvalue weighted by molar-refractivity contribution is -0.145. The molecule has 0 spiro atoms. The van der Waals surface area contributed by atoms with Gasteiger partial charge in [0.25, 0.3) is 0 Å². The number of ether oxygens (including phenoxy) is 1. The second-order valence-electron chi connectivity index (χ2n) is 4.17. The molecule has 1 saturated heterocycles. The Morgan fingerprint density at radius 2 is 2.28 bits per heavy atom. The van der Waals surface area contributed by atoms with Crippen LogP contribution in [0, 0.1) is 16.4 Å². The Labute approximate surface area is 119 Å². The van der Waals surface area contributed by atoms with E-state index in [1.807, 2.05) is 13.0 Å². The zero-order valence-corrected chi connectivity index (χ0v) is 12.3. The molecular formula is C12H13IN2O3. The lowest BCUT2D eigenvalue weighted by Gasteiger charge is -2.16. The van der Waals surface area contributed by atoms with Gasteiger partial charge in [-0.15, -0.1) is 0 Å². The fraction of sp³-hybridized carbons (Fsp3) is 0.417. The van der Waals surface area contributed by atoms with Gasteiger partial charge in [-0.3, -0.25) is 14.5 Å². The number of hydrogen-bond donors (Lipinski definition) is 0. The van der Waals surface area contributed by atoms with Crippen LogP contribution in [0.2, 0.25) is 0 Å². The van der Waals surface area contributed by atoms with Crippen molar-refractivity contribution in [3.05, 3.63) is 21.4 Å². The highest BCUT2D eigenvalue weighted by molar-refractivity contribution is 14.1. The van der Waals surface area contributed by atoms with Crippen molar-refractivity contribution in [1.82, 2.24) is 4.98 Å². The Morgan fingerprint density at radius 3 is 2.89 bits per heavy atom. The van der Waals surface area contributed by atoms with E-state index in [4.69, 9.17) is 0 Å². The van der Waals surface area contributed by atoms with Crippen LogP contribution in [0.3, 0.4) is 0 Å². The van der Waals surface area contributed by atoms with E-state index in [0.29, 0.717) is 12.4 Å². The lowest BCUT2D eigenvalue weighted by atomic mass is 10.1. The second-order valence-corrected chi connectivity index (χ2v) is 5.33. The van der Waals surface area contributed by atoms with Gasteiger partial charge in [0.15, 0.2) is 0 Å². The molecule has 1 aliphatic heterocycles. The number of rotatable bonds is 2. The first kappa shape index (κ1) is 13.3. The Morgan fingerprint density at radius 1 is 1.56 bits per heavy atom. The number of methoxy groups -OCH3 is 1. The van der Waals surface area contributed by atoms with Crippen LogP contribution in [0.4, 0.5) is 5.82 Å². The number of pyridine rings is 1. The third-order valence-corrected chi connectivity index (χ3v) is 4.08. The summed E-state index contributed by atoms with van der Waals surface area (Å²) >= 11 is 2.19.